The number of nitrogens with one attached hydrogen (secondary N) is 2. The molecule has 0 bridgehead atoms. The number of benzene rings is 3. The predicted molar refractivity (Wildman–Crippen MR) is 117 cm³/mol. The molecule has 1 amide bonds. The van der Waals surface area contributed by atoms with E-state index in [-0.39, 0.29) is 11.7 Å². The van der Waals surface area contributed by atoms with Gasteiger partial charge < -0.3 is 25.2 Å². The average Bonchev–Trinajstić information content (AvgIpc) is 2.82. The lowest BCUT2D eigenvalue weighted by atomic mass is 10.0. The van der Waals surface area contributed by atoms with Crippen LogP contribution < -0.4 is 20.1 Å². The Hall–Kier alpha value is -4.18. The van der Waals surface area contributed by atoms with Gasteiger partial charge in [-0.2, -0.15) is 5.26 Å². The molecule has 0 saturated heterocycles. The summed E-state index contributed by atoms with van der Waals surface area (Å²) < 4.78 is 10.6. The monoisotopic (exact) mass is 417 g/mol. The highest BCUT2D eigenvalue weighted by Gasteiger charge is 2.25. The molecule has 0 fully saturated rings. The summed E-state index contributed by atoms with van der Waals surface area (Å²) >= 11 is 0. The first-order valence-electron chi connectivity index (χ1n) is 9.59. The Bertz CT molecular complexity index is 1080. The molecule has 0 saturated carbocycles. The first kappa shape index (κ1) is 21.5. The fourth-order valence-electron chi connectivity index (χ4n) is 3.09. The van der Waals surface area contributed by atoms with Crippen molar-refractivity contribution in [2.45, 2.75) is 12.6 Å². The Balaban J connectivity index is 1.93. The number of anilines is 1. The molecule has 3 rings (SSSR count). The lowest BCUT2D eigenvalue weighted by molar-refractivity contribution is -0.122. The van der Waals surface area contributed by atoms with E-state index in [2.05, 4.69) is 16.7 Å². The zero-order valence-corrected chi connectivity index (χ0v) is 17.3. The van der Waals surface area contributed by atoms with Crippen molar-refractivity contribution in [1.29, 1.82) is 5.26 Å². The van der Waals surface area contributed by atoms with E-state index < -0.39 is 6.04 Å². The second kappa shape index (κ2) is 10.0. The summed E-state index contributed by atoms with van der Waals surface area (Å²) in [6, 6.07) is 20.3. The normalized spacial score (nSPS) is 11.1. The summed E-state index contributed by atoms with van der Waals surface area (Å²) in [5.74, 6) is 0.290. The van der Waals surface area contributed by atoms with Crippen LogP contribution >= 0.6 is 0 Å². The molecular formula is C24H23N3O4. The van der Waals surface area contributed by atoms with E-state index in [1.807, 2.05) is 30.3 Å². The summed E-state index contributed by atoms with van der Waals surface area (Å²) in [4.78, 5) is 13.1. The summed E-state index contributed by atoms with van der Waals surface area (Å²) in [6.45, 7) is 0.333. The molecule has 3 N–H and O–H groups in total. The fraction of sp³-hybridized carbons (Fsp3) is 0.167. The number of hydrogen-bond acceptors (Lipinski definition) is 6. The number of methoxy groups -OCH3 is 2. The third-order valence-corrected chi connectivity index (χ3v) is 4.74. The first-order valence-corrected chi connectivity index (χ1v) is 9.59. The smallest absolute Gasteiger partial charge is 0.247 e. The van der Waals surface area contributed by atoms with Crippen LogP contribution in [0.4, 0.5) is 5.69 Å². The first-order chi connectivity index (χ1) is 15.0. The fourth-order valence-corrected chi connectivity index (χ4v) is 3.09. The number of carbonyl (C=O) groups excluding carboxylic acids is 1. The van der Waals surface area contributed by atoms with Gasteiger partial charge in [0.25, 0.3) is 0 Å². The number of aromatic hydroxyl groups is 1. The van der Waals surface area contributed by atoms with Crippen LogP contribution in [0, 0.1) is 11.3 Å². The molecule has 31 heavy (non-hydrogen) atoms. The molecule has 0 aromatic heterocycles. The van der Waals surface area contributed by atoms with Crippen LogP contribution in [0.1, 0.15) is 22.7 Å². The molecule has 0 radical (unpaired) electrons. The number of hydrogen-bond donors (Lipinski definition) is 3. The van der Waals surface area contributed by atoms with E-state index in [1.54, 1.807) is 30.3 Å². The van der Waals surface area contributed by atoms with Crippen LogP contribution in [0.5, 0.6) is 17.2 Å². The number of ether oxygens (including phenoxy) is 2. The van der Waals surface area contributed by atoms with Gasteiger partial charge in [-0.15, -0.1) is 0 Å². The predicted octanol–water partition coefficient (Wildman–Crippen LogP) is 3.75. The largest absolute Gasteiger partial charge is 0.507 e. The van der Waals surface area contributed by atoms with Crippen molar-refractivity contribution in [3.05, 3.63) is 83.4 Å². The van der Waals surface area contributed by atoms with Gasteiger partial charge in [-0.1, -0.05) is 30.3 Å². The van der Waals surface area contributed by atoms with Gasteiger partial charge in [0.2, 0.25) is 5.91 Å². The van der Waals surface area contributed by atoms with Gasteiger partial charge in [0, 0.05) is 23.9 Å². The molecule has 1 atom stereocenters. The second-order valence-corrected chi connectivity index (χ2v) is 6.74. The molecule has 3 aromatic carbocycles. The van der Waals surface area contributed by atoms with Gasteiger partial charge in [0.05, 0.1) is 25.9 Å². The van der Waals surface area contributed by atoms with E-state index >= 15 is 0 Å². The Morgan fingerprint density at radius 3 is 2.29 bits per heavy atom. The van der Waals surface area contributed by atoms with Gasteiger partial charge in [-0.3, -0.25) is 4.79 Å². The molecule has 0 spiro atoms. The molecule has 158 valence electrons. The van der Waals surface area contributed by atoms with Crippen LogP contribution in [-0.4, -0.2) is 25.2 Å². The van der Waals surface area contributed by atoms with Crippen molar-refractivity contribution in [2.75, 3.05) is 19.5 Å². The van der Waals surface area contributed by atoms with Crippen LogP contribution in [0.25, 0.3) is 0 Å². The Morgan fingerprint density at radius 2 is 1.68 bits per heavy atom. The Morgan fingerprint density at radius 1 is 1.03 bits per heavy atom. The zero-order valence-electron chi connectivity index (χ0n) is 17.3. The minimum absolute atomic E-state index is 0.112. The molecule has 0 heterocycles. The minimum atomic E-state index is -0.920. The molecular weight excluding hydrogens is 394 g/mol. The number of phenolic OH excluding ortho intramolecular Hbond substituents is 1. The molecule has 0 unspecified atom stereocenters. The maximum atomic E-state index is 13.1. The number of rotatable bonds is 8. The summed E-state index contributed by atoms with van der Waals surface area (Å²) in [6.07, 6.45) is 0. The van der Waals surface area contributed by atoms with Crippen molar-refractivity contribution >= 4 is 11.6 Å². The second-order valence-electron chi connectivity index (χ2n) is 6.74. The van der Waals surface area contributed by atoms with Crippen molar-refractivity contribution in [3.8, 4) is 23.3 Å². The molecule has 3 aromatic rings. The highest BCUT2D eigenvalue weighted by Crippen LogP contribution is 2.38. The maximum Gasteiger partial charge on any atom is 0.247 e. The SMILES string of the molecule is COc1cc(O)c([C@H](Nc2ccc(C#N)cc2)C(=O)NCc2ccccc2)cc1OC. The van der Waals surface area contributed by atoms with Gasteiger partial charge in [0.1, 0.15) is 11.8 Å². The third-order valence-electron chi connectivity index (χ3n) is 4.74. The van der Waals surface area contributed by atoms with Gasteiger partial charge >= 0.3 is 0 Å². The highest BCUT2D eigenvalue weighted by molar-refractivity contribution is 5.87. The summed E-state index contributed by atoms with van der Waals surface area (Å²) in [5.41, 5.74) is 2.40. The molecule has 0 aliphatic carbocycles. The summed E-state index contributed by atoms with van der Waals surface area (Å²) in [7, 11) is 2.95. The number of nitriles is 1. The lowest BCUT2D eigenvalue weighted by Gasteiger charge is -2.22. The zero-order chi connectivity index (χ0) is 22.2. The number of nitrogens with zero attached hydrogens (tertiary/aromatic N) is 1. The topological polar surface area (TPSA) is 104 Å². The minimum Gasteiger partial charge on any atom is -0.507 e. The Kier molecular flexibility index (Phi) is 6.97. The third kappa shape index (κ3) is 5.25. The van der Waals surface area contributed by atoms with Crippen molar-refractivity contribution in [3.63, 3.8) is 0 Å². The van der Waals surface area contributed by atoms with E-state index in [0.717, 1.165) is 5.56 Å². The van der Waals surface area contributed by atoms with Crippen molar-refractivity contribution in [1.82, 2.24) is 5.32 Å². The molecule has 7 nitrogen and oxygen atoms in total. The summed E-state index contributed by atoms with van der Waals surface area (Å²) in [5, 5.41) is 25.6. The number of amides is 1. The molecule has 7 heteroatoms. The average molecular weight is 417 g/mol. The van der Waals surface area contributed by atoms with Crippen LogP contribution in [0.2, 0.25) is 0 Å². The van der Waals surface area contributed by atoms with Crippen LogP contribution in [0.15, 0.2) is 66.7 Å². The van der Waals surface area contributed by atoms with E-state index in [0.29, 0.717) is 34.9 Å². The van der Waals surface area contributed by atoms with Crippen LogP contribution in [0.3, 0.4) is 0 Å². The quantitative estimate of drug-likeness (QED) is 0.516. The van der Waals surface area contributed by atoms with Gasteiger partial charge in [0.15, 0.2) is 11.5 Å². The molecule has 0 aliphatic rings. The van der Waals surface area contributed by atoms with Crippen molar-refractivity contribution in [2.24, 2.45) is 0 Å². The van der Waals surface area contributed by atoms with E-state index in [1.165, 1.54) is 20.3 Å². The van der Waals surface area contributed by atoms with Gasteiger partial charge in [-0.05, 0) is 35.9 Å². The molecule has 0 aliphatic heterocycles. The van der Waals surface area contributed by atoms with E-state index in [4.69, 9.17) is 14.7 Å². The highest BCUT2D eigenvalue weighted by atomic mass is 16.5. The van der Waals surface area contributed by atoms with Gasteiger partial charge in [-0.25, -0.2) is 0 Å². The Labute approximate surface area is 180 Å². The van der Waals surface area contributed by atoms with E-state index in [9.17, 15) is 9.90 Å². The lowest BCUT2D eigenvalue weighted by Crippen LogP contribution is -2.33. The van der Waals surface area contributed by atoms with Crippen molar-refractivity contribution < 1.29 is 19.4 Å². The van der Waals surface area contributed by atoms with Crippen LogP contribution in [-0.2, 0) is 11.3 Å². The maximum absolute atomic E-state index is 13.1. The number of carbonyl (C=O) groups is 1. The number of phenols is 1. The standard InChI is InChI=1S/C24H23N3O4/c1-30-21-12-19(20(28)13-22(21)31-2)23(27-18-10-8-16(14-25)9-11-18)24(29)26-15-17-6-4-3-5-7-17/h3-13,23,27-28H,15H2,1-2H3,(H,26,29)/t23-/m0/s1.